The SMILES string of the molecule is C1CCC2=NCCCN2CC1.N. The quantitative estimate of drug-likeness (QED) is 0.601. The van der Waals surface area contributed by atoms with Crippen LogP contribution in [0.25, 0.3) is 0 Å². The molecule has 3 heteroatoms. The van der Waals surface area contributed by atoms with E-state index >= 15 is 0 Å². The van der Waals surface area contributed by atoms with E-state index in [9.17, 15) is 0 Å². The van der Waals surface area contributed by atoms with Crippen molar-refractivity contribution in [3.05, 3.63) is 0 Å². The first-order valence-corrected chi connectivity index (χ1v) is 4.75. The summed E-state index contributed by atoms with van der Waals surface area (Å²) >= 11 is 0. The van der Waals surface area contributed by atoms with Crippen molar-refractivity contribution in [3.63, 3.8) is 0 Å². The fourth-order valence-corrected chi connectivity index (χ4v) is 1.94. The number of nitrogens with zero attached hydrogens (tertiary/aromatic N) is 2. The fourth-order valence-electron chi connectivity index (χ4n) is 1.94. The van der Waals surface area contributed by atoms with Gasteiger partial charge in [0.25, 0.3) is 0 Å². The minimum atomic E-state index is 0. The molecule has 0 unspecified atom stereocenters. The van der Waals surface area contributed by atoms with Gasteiger partial charge in [-0.2, -0.15) is 0 Å². The average Bonchev–Trinajstić information content (AvgIpc) is 2.28. The summed E-state index contributed by atoms with van der Waals surface area (Å²) in [6.45, 7) is 3.60. The summed E-state index contributed by atoms with van der Waals surface area (Å²) in [6, 6.07) is 0. The van der Waals surface area contributed by atoms with Crippen LogP contribution < -0.4 is 6.15 Å². The van der Waals surface area contributed by atoms with Crippen molar-refractivity contribution in [2.75, 3.05) is 19.6 Å². The largest absolute Gasteiger partial charge is 0.360 e. The molecule has 0 aliphatic carbocycles. The van der Waals surface area contributed by atoms with Crippen LogP contribution in [0.15, 0.2) is 4.99 Å². The van der Waals surface area contributed by atoms with Crippen LogP contribution in [0.2, 0.25) is 0 Å². The molecule has 0 bridgehead atoms. The van der Waals surface area contributed by atoms with Gasteiger partial charge in [-0.15, -0.1) is 0 Å². The Morgan fingerprint density at radius 2 is 1.83 bits per heavy atom. The van der Waals surface area contributed by atoms with E-state index in [4.69, 9.17) is 0 Å². The number of hydrogen-bond acceptors (Lipinski definition) is 3. The van der Waals surface area contributed by atoms with Gasteiger partial charge in [-0.3, -0.25) is 4.99 Å². The summed E-state index contributed by atoms with van der Waals surface area (Å²) in [4.78, 5) is 7.04. The zero-order valence-corrected chi connectivity index (χ0v) is 7.76. The lowest BCUT2D eigenvalue weighted by Crippen LogP contribution is -2.34. The van der Waals surface area contributed by atoms with Gasteiger partial charge in [-0.05, 0) is 19.3 Å². The molecule has 1 fully saturated rings. The van der Waals surface area contributed by atoms with Gasteiger partial charge in [0.2, 0.25) is 0 Å². The molecule has 0 amide bonds. The second-order valence-corrected chi connectivity index (χ2v) is 3.45. The van der Waals surface area contributed by atoms with Crippen LogP contribution in [-0.4, -0.2) is 30.4 Å². The van der Waals surface area contributed by atoms with Crippen molar-refractivity contribution in [3.8, 4) is 0 Å². The van der Waals surface area contributed by atoms with Crippen LogP contribution in [0.5, 0.6) is 0 Å². The Morgan fingerprint density at radius 3 is 2.75 bits per heavy atom. The van der Waals surface area contributed by atoms with Gasteiger partial charge in [0.1, 0.15) is 0 Å². The molecule has 2 aliphatic heterocycles. The van der Waals surface area contributed by atoms with Crippen LogP contribution in [0.3, 0.4) is 0 Å². The van der Waals surface area contributed by atoms with Crippen molar-refractivity contribution < 1.29 is 0 Å². The van der Waals surface area contributed by atoms with Crippen LogP contribution in [0, 0.1) is 0 Å². The maximum Gasteiger partial charge on any atom is 0.0988 e. The standard InChI is InChI=1S/C9H16N2.H3N/c1-2-5-9-10-6-4-8-11(9)7-3-1;/h1-8H2;1H3. The van der Waals surface area contributed by atoms with Crippen molar-refractivity contribution in [1.29, 1.82) is 0 Å². The van der Waals surface area contributed by atoms with Crippen LogP contribution in [0.4, 0.5) is 0 Å². The van der Waals surface area contributed by atoms with Gasteiger partial charge in [0, 0.05) is 26.1 Å². The Balaban J connectivity index is 0.000000720. The zero-order valence-electron chi connectivity index (χ0n) is 7.76. The van der Waals surface area contributed by atoms with Crippen molar-refractivity contribution in [2.45, 2.75) is 32.1 Å². The van der Waals surface area contributed by atoms with E-state index in [1.165, 1.54) is 51.0 Å². The normalized spacial score (nSPS) is 23.3. The predicted octanol–water partition coefficient (Wildman–Crippen LogP) is 1.83. The number of rotatable bonds is 0. The molecule has 1 saturated heterocycles. The molecule has 0 atom stereocenters. The molecule has 0 aromatic carbocycles. The first kappa shape index (κ1) is 9.52. The van der Waals surface area contributed by atoms with E-state index in [0.29, 0.717) is 0 Å². The molecular formula is C9H19N3. The van der Waals surface area contributed by atoms with E-state index in [2.05, 4.69) is 9.89 Å². The molecule has 0 aromatic rings. The Hall–Kier alpha value is -0.570. The van der Waals surface area contributed by atoms with E-state index in [1.54, 1.807) is 0 Å². The van der Waals surface area contributed by atoms with Gasteiger partial charge >= 0.3 is 0 Å². The molecule has 3 N–H and O–H groups in total. The van der Waals surface area contributed by atoms with Gasteiger partial charge < -0.3 is 11.1 Å². The molecule has 12 heavy (non-hydrogen) atoms. The van der Waals surface area contributed by atoms with Crippen molar-refractivity contribution >= 4 is 5.84 Å². The molecule has 0 aromatic heterocycles. The van der Waals surface area contributed by atoms with E-state index < -0.39 is 0 Å². The third-order valence-corrected chi connectivity index (χ3v) is 2.57. The zero-order chi connectivity index (χ0) is 7.52. The molecule has 2 aliphatic rings. The molecular weight excluding hydrogens is 150 g/mol. The summed E-state index contributed by atoms with van der Waals surface area (Å²) in [5, 5.41) is 0. The van der Waals surface area contributed by atoms with Crippen LogP contribution in [-0.2, 0) is 0 Å². The van der Waals surface area contributed by atoms with Gasteiger partial charge in [-0.25, -0.2) is 0 Å². The minimum Gasteiger partial charge on any atom is -0.360 e. The summed E-state index contributed by atoms with van der Waals surface area (Å²) in [7, 11) is 0. The van der Waals surface area contributed by atoms with Crippen molar-refractivity contribution in [1.82, 2.24) is 11.1 Å². The number of hydrogen-bond donors (Lipinski definition) is 1. The summed E-state index contributed by atoms with van der Waals surface area (Å²) in [5.41, 5.74) is 0. The summed E-state index contributed by atoms with van der Waals surface area (Å²) in [5.74, 6) is 1.40. The molecule has 3 nitrogen and oxygen atoms in total. The molecule has 0 saturated carbocycles. The summed E-state index contributed by atoms with van der Waals surface area (Å²) in [6.07, 6.45) is 6.63. The maximum atomic E-state index is 4.55. The number of amidine groups is 1. The number of fused-ring (bicyclic) bond motifs is 1. The monoisotopic (exact) mass is 169 g/mol. The molecule has 70 valence electrons. The Kier molecular flexibility index (Phi) is 3.53. The highest BCUT2D eigenvalue weighted by molar-refractivity contribution is 5.83. The molecule has 0 spiro atoms. The maximum absolute atomic E-state index is 4.55. The second kappa shape index (κ2) is 4.45. The average molecular weight is 169 g/mol. The summed E-state index contributed by atoms with van der Waals surface area (Å²) < 4.78 is 0. The lowest BCUT2D eigenvalue weighted by molar-refractivity contribution is 0.391. The highest BCUT2D eigenvalue weighted by atomic mass is 15.2. The van der Waals surface area contributed by atoms with Crippen LogP contribution >= 0.6 is 0 Å². The van der Waals surface area contributed by atoms with E-state index in [0.717, 1.165) is 6.54 Å². The minimum absolute atomic E-state index is 0. The third kappa shape index (κ3) is 1.97. The lowest BCUT2D eigenvalue weighted by atomic mass is 10.2. The Labute approximate surface area is 74.4 Å². The predicted molar refractivity (Wildman–Crippen MR) is 52.0 cm³/mol. The van der Waals surface area contributed by atoms with E-state index in [1.807, 2.05) is 0 Å². The first-order valence-electron chi connectivity index (χ1n) is 4.75. The van der Waals surface area contributed by atoms with Gasteiger partial charge in [0.05, 0.1) is 5.84 Å². The smallest absolute Gasteiger partial charge is 0.0988 e. The fraction of sp³-hybridized carbons (Fsp3) is 0.889. The Bertz CT molecular complexity index is 165. The molecule has 2 heterocycles. The van der Waals surface area contributed by atoms with Gasteiger partial charge in [0.15, 0.2) is 0 Å². The lowest BCUT2D eigenvalue weighted by Gasteiger charge is -2.27. The first-order chi connectivity index (χ1) is 5.47. The molecule has 2 rings (SSSR count). The van der Waals surface area contributed by atoms with Gasteiger partial charge in [-0.1, -0.05) is 6.42 Å². The Morgan fingerprint density at radius 1 is 1.00 bits per heavy atom. The highest BCUT2D eigenvalue weighted by Crippen LogP contribution is 2.15. The second-order valence-electron chi connectivity index (χ2n) is 3.45. The highest BCUT2D eigenvalue weighted by Gasteiger charge is 2.16. The topological polar surface area (TPSA) is 50.6 Å². The third-order valence-electron chi connectivity index (χ3n) is 2.57. The van der Waals surface area contributed by atoms with E-state index in [-0.39, 0.29) is 6.15 Å². The molecule has 0 radical (unpaired) electrons. The number of aliphatic imine (C=N–C) groups is 1. The van der Waals surface area contributed by atoms with Crippen LogP contribution in [0.1, 0.15) is 32.1 Å². The van der Waals surface area contributed by atoms with Crippen molar-refractivity contribution in [2.24, 2.45) is 4.99 Å².